The van der Waals surface area contributed by atoms with Crippen molar-refractivity contribution < 1.29 is 13.2 Å². The Morgan fingerprint density at radius 3 is 2.44 bits per heavy atom. The molecule has 132 valence electrons. The Balaban J connectivity index is 1.67. The van der Waals surface area contributed by atoms with Crippen LogP contribution in [0.3, 0.4) is 0 Å². The van der Waals surface area contributed by atoms with Gasteiger partial charge in [0.25, 0.3) is 5.91 Å². The van der Waals surface area contributed by atoms with Crippen LogP contribution < -0.4 is 4.72 Å². The number of hydrogen-bond acceptors (Lipinski definition) is 4. The van der Waals surface area contributed by atoms with Crippen LogP contribution in [0, 0.1) is 0 Å². The first kappa shape index (κ1) is 17.6. The minimum absolute atomic E-state index is 0.0352. The molecule has 0 saturated carbocycles. The van der Waals surface area contributed by atoms with Crippen molar-refractivity contribution in [3.63, 3.8) is 0 Å². The summed E-state index contributed by atoms with van der Waals surface area (Å²) >= 11 is 0. The Kier molecular flexibility index (Phi) is 5.45. The van der Waals surface area contributed by atoms with E-state index >= 15 is 0 Å². The van der Waals surface area contributed by atoms with Crippen molar-refractivity contribution in [3.8, 4) is 0 Å². The number of nitrogens with one attached hydrogen (secondary N) is 1. The van der Waals surface area contributed by atoms with Gasteiger partial charge in [-0.15, -0.1) is 0 Å². The second kappa shape index (κ2) is 7.76. The normalized spacial score (nSPS) is 15.1. The quantitative estimate of drug-likeness (QED) is 0.887. The highest BCUT2D eigenvalue weighted by Crippen LogP contribution is 2.16. The van der Waals surface area contributed by atoms with Gasteiger partial charge in [-0.3, -0.25) is 9.78 Å². The molecule has 1 aromatic heterocycles. The third-order valence-electron chi connectivity index (χ3n) is 4.24. The third kappa shape index (κ3) is 4.43. The molecule has 6 nitrogen and oxygen atoms in total. The number of sulfonamides is 1. The summed E-state index contributed by atoms with van der Waals surface area (Å²) in [5, 5.41) is 0. The molecule has 25 heavy (non-hydrogen) atoms. The number of hydrogen-bond donors (Lipinski definition) is 1. The van der Waals surface area contributed by atoms with E-state index in [-0.39, 0.29) is 17.3 Å². The fourth-order valence-corrected chi connectivity index (χ4v) is 3.84. The molecule has 1 aromatic carbocycles. The zero-order valence-electron chi connectivity index (χ0n) is 13.9. The summed E-state index contributed by atoms with van der Waals surface area (Å²) in [6.45, 7) is 1.71. The van der Waals surface area contributed by atoms with E-state index in [0.29, 0.717) is 5.56 Å². The Bertz CT molecular complexity index is 814. The van der Waals surface area contributed by atoms with Crippen molar-refractivity contribution in [2.24, 2.45) is 0 Å². The van der Waals surface area contributed by atoms with E-state index in [1.54, 1.807) is 36.7 Å². The lowest BCUT2D eigenvalue weighted by Crippen LogP contribution is -2.35. The number of carbonyl (C=O) groups is 1. The molecule has 1 N–H and O–H groups in total. The summed E-state index contributed by atoms with van der Waals surface area (Å²) in [5.74, 6) is -0.0352. The lowest BCUT2D eigenvalue weighted by molar-refractivity contribution is 0.0724. The highest BCUT2D eigenvalue weighted by molar-refractivity contribution is 7.89. The minimum Gasteiger partial charge on any atom is -0.339 e. The van der Waals surface area contributed by atoms with Gasteiger partial charge in [-0.05, 0) is 55.2 Å². The highest BCUT2D eigenvalue weighted by Gasteiger charge is 2.19. The molecule has 1 aliphatic heterocycles. The first-order valence-corrected chi connectivity index (χ1v) is 9.82. The molecule has 2 aromatic rings. The van der Waals surface area contributed by atoms with Crippen molar-refractivity contribution >= 4 is 15.9 Å². The maximum atomic E-state index is 12.4. The average molecular weight is 359 g/mol. The molecule has 2 heterocycles. The van der Waals surface area contributed by atoms with Crippen LogP contribution in [0.15, 0.2) is 53.7 Å². The molecule has 3 rings (SSSR count). The largest absolute Gasteiger partial charge is 0.339 e. The number of aromatic nitrogens is 1. The number of likely N-dealkylation sites (tertiary alicyclic amines) is 1. The molecule has 1 aliphatic rings. The van der Waals surface area contributed by atoms with Crippen LogP contribution in [0.25, 0.3) is 0 Å². The second-order valence-corrected chi connectivity index (χ2v) is 7.83. The standard InChI is InChI=1S/C18H21N3O3S/c22-18(21-11-2-1-3-12-21)16-6-8-17(9-7-16)25(23,24)20-14-15-5-4-10-19-13-15/h4-10,13,20H,1-3,11-12,14H2. The molecule has 0 spiro atoms. The number of rotatable bonds is 5. The van der Waals surface area contributed by atoms with Crippen LogP contribution in [0.1, 0.15) is 35.2 Å². The predicted octanol–water partition coefficient (Wildman–Crippen LogP) is 2.19. The minimum atomic E-state index is -3.63. The van der Waals surface area contributed by atoms with Crippen molar-refractivity contribution in [2.45, 2.75) is 30.7 Å². The van der Waals surface area contributed by atoms with Gasteiger partial charge in [0.05, 0.1) is 4.90 Å². The van der Waals surface area contributed by atoms with Gasteiger partial charge in [0.1, 0.15) is 0 Å². The van der Waals surface area contributed by atoms with Crippen molar-refractivity contribution in [1.82, 2.24) is 14.6 Å². The summed E-state index contributed by atoms with van der Waals surface area (Å²) in [7, 11) is -3.63. The van der Waals surface area contributed by atoms with Gasteiger partial charge >= 0.3 is 0 Å². The Morgan fingerprint density at radius 1 is 1.08 bits per heavy atom. The van der Waals surface area contributed by atoms with Gasteiger partial charge in [-0.25, -0.2) is 13.1 Å². The van der Waals surface area contributed by atoms with Crippen molar-refractivity contribution in [3.05, 3.63) is 59.9 Å². The van der Waals surface area contributed by atoms with E-state index in [1.807, 2.05) is 4.90 Å². The number of piperidine rings is 1. The smallest absolute Gasteiger partial charge is 0.253 e. The maximum Gasteiger partial charge on any atom is 0.253 e. The van der Waals surface area contributed by atoms with E-state index in [2.05, 4.69) is 9.71 Å². The van der Waals surface area contributed by atoms with Gasteiger partial charge in [0.15, 0.2) is 0 Å². The van der Waals surface area contributed by atoms with Gasteiger partial charge in [-0.2, -0.15) is 0 Å². The van der Waals surface area contributed by atoms with Crippen LogP contribution in [-0.2, 0) is 16.6 Å². The molecule has 1 amide bonds. The average Bonchev–Trinajstić information content (AvgIpc) is 2.67. The van der Waals surface area contributed by atoms with E-state index in [4.69, 9.17) is 0 Å². The fourth-order valence-electron chi connectivity index (χ4n) is 2.82. The van der Waals surface area contributed by atoms with Gasteiger partial charge in [-0.1, -0.05) is 6.07 Å². The number of pyridine rings is 1. The third-order valence-corrected chi connectivity index (χ3v) is 5.66. The summed E-state index contributed by atoms with van der Waals surface area (Å²) in [6, 6.07) is 9.66. The summed E-state index contributed by atoms with van der Waals surface area (Å²) in [4.78, 5) is 18.4. The highest BCUT2D eigenvalue weighted by atomic mass is 32.2. The van der Waals surface area contributed by atoms with E-state index in [0.717, 1.165) is 37.9 Å². The molecule has 0 aliphatic carbocycles. The van der Waals surface area contributed by atoms with Crippen LogP contribution in [0.5, 0.6) is 0 Å². The van der Waals surface area contributed by atoms with E-state index in [9.17, 15) is 13.2 Å². The van der Waals surface area contributed by atoms with E-state index in [1.165, 1.54) is 12.1 Å². The first-order chi connectivity index (χ1) is 12.1. The SMILES string of the molecule is O=C(c1ccc(S(=O)(=O)NCc2cccnc2)cc1)N1CCCCC1. The number of benzene rings is 1. The molecule has 0 atom stereocenters. The zero-order valence-corrected chi connectivity index (χ0v) is 14.7. The van der Waals surface area contributed by atoms with E-state index < -0.39 is 10.0 Å². The predicted molar refractivity (Wildman–Crippen MR) is 94.5 cm³/mol. The van der Waals surface area contributed by atoms with Gasteiger partial charge < -0.3 is 4.90 Å². The monoisotopic (exact) mass is 359 g/mol. The number of nitrogens with zero attached hydrogens (tertiary/aromatic N) is 2. The fraction of sp³-hybridized carbons (Fsp3) is 0.333. The Hall–Kier alpha value is -2.25. The molecule has 0 radical (unpaired) electrons. The molecular formula is C18H21N3O3S. The van der Waals surface area contributed by atoms with Gasteiger partial charge in [0, 0.05) is 37.6 Å². The molecule has 1 saturated heterocycles. The second-order valence-electron chi connectivity index (χ2n) is 6.06. The lowest BCUT2D eigenvalue weighted by atomic mass is 10.1. The molecule has 7 heteroatoms. The van der Waals surface area contributed by atoms with Crippen LogP contribution in [-0.4, -0.2) is 37.3 Å². The first-order valence-electron chi connectivity index (χ1n) is 8.34. The number of carbonyl (C=O) groups excluding carboxylic acids is 1. The lowest BCUT2D eigenvalue weighted by Gasteiger charge is -2.26. The van der Waals surface area contributed by atoms with Gasteiger partial charge in [0.2, 0.25) is 10.0 Å². The Labute approximate surface area is 147 Å². The Morgan fingerprint density at radius 2 is 1.80 bits per heavy atom. The molecule has 0 unspecified atom stereocenters. The summed E-state index contributed by atoms with van der Waals surface area (Å²) in [5.41, 5.74) is 1.30. The molecule has 0 bridgehead atoms. The number of amides is 1. The summed E-state index contributed by atoms with van der Waals surface area (Å²) < 4.78 is 27.3. The van der Waals surface area contributed by atoms with Crippen molar-refractivity contribution in [2.75, 3.05) is 13.1 Å². The van der Waals surface area contributed by atoms with Crippen LogP contribution in [0.2, 0.25) is 0 Å². The zero-order chi connectivity index (χ0) is 17.7. The molecule has 1 fully saturated rings. The maximum absolute atomic E-state index is 12.4. The molecular weight excluding hydrogens is 338 g/mol. The van der Waals surface area contributed by atoms with Crippen LogP contribution >= 0.6 is 0 Å². The topological polar surface area (TPSA) is 79.4 Å². The van der Waals surface area contributed by atoms with Crippen LogP contribution in [0.4, 0.5) is 0 Å². The summed E-state index contributed by atoms with van der Waals surface area (Å²) in [6.07, 6.45) is 6.45. The van der Waals surface area contributed by atoms with Crippen molar-refractivity contribution in [1.29, 1.82) is 0 Å².